The highest BCUT2D eigenvalue weighted by Gasteiger charge is 2.48. The zero-order valence-corrected chi connectivity index (χ0v) is 21.7. The number of benzene rings is 2. The lowest BCUT2D eigenvalue weighted by molar-refractivity contribution is -0.000603. The third-order valence-electron chi connectivity index (χ3n) is 8.32. The van der Waals surface area contributed by atoms with Crippen LogP contribution in [0, 0.1) is 11.2 Å². The van der Waals surface area contributed by atoms with E-state index in [4.69, 9.17) is 16.3 Å². The predicted molar refractivity (Wildman–Crippen MR) is 144 cm³/mol. The molecule has 0 radical (unpaired) electrons. The second-order valence-electron chi connectivity index (χ2n) is 10.5. The van der Waals surface area contributed by atoms with Gasteiger partial charge in [0.2, 0.25) is 5.88 Å². The molecule has 2 heterocycles. The van der Waals surface area contributed by atoms with Crippen LogP contribution in [0.1, 0.15) is 61.0 Å². The first-order chi connectivity index (χ1) is 17.9. The van der Waals surface area contributed by atoms with Crippen molar-refractivity contribution in [2.45, 2.75) is 51.1 Å². The van der Waals surface area contributed by atoms with Crippen LogP contribution in [0.3, 0.4) is 0 Å². The van der Waals surface area contributed by atoms with Crippen LogP contribution in [0.4, 0.5) is 4.39 Å². The number of hydrogen-bond donors (Lipinski definition) is 1. The summed E-state index contributed by atoms with van der Waals surface area (Å²) in [5.74, 6) is -0.0635. The summed E-state index contributed by atoms with van der Waals surface area (Å²) >= 11 is 6.25. The summed E-state index contributed by atoms with van der Waals surface area (Å²) in [4.78, 5) is 17.6. The molecule has 2 aliphatic carbocycles. The average molecular weight is 518 g/mol. The van der Waals surface area contributed by atoms with Crippen LogP contribution >= 0.6 is 11.6 Å². The van der Waals surface area contributed by atoms with E-state index in [9.17, 15) is 9.18 Å². The number of carbonyl (C=O) groups excluding carboxylic acids is 1. The Kier molecular flexibility index (Phi) is 5.95. The van der Waals surface area contributed by atoms with Crippen LogP contribution in [-0.4, -0.2) is 28.6 Å². The minimum absolute atomic E-state index is 0.112. The second kappa shape index (κ2) is 9.18. The fourth-order valence-electron chi connectivity index (χ4n) is 6.04. The Morgan fingerprint density at radius 2 is 1.92 bits per heavy atom. The Labute approximate surface area is 220 Å². The van der Waals surface area contributed by atoms with Crippen molar-refractivity contribution >= 4 is 28.4 Å². The Morgan fingerprint density at radius 3 is 2.57 bits per heavy atom. The monoisotopic (exact) mass is 517 g/mol. The van der Waals surface area contributed by atoms with E-state index in [0.29, 0.717) is 32.8 Å². The third kappa shape index (κ3) is 4.17. The predicted octanol–water partition coefficient (Wildman–Crippen LogP) is 7.18. The summed E-state index contributed by atoms with van der Waals surface area (Å²) in [5.41, 5.74) is 4.51. The molecule has 6 rings (SSSR count). The van der Waals surface area contributed by atoms with E-state index >= 15 is 0 Å². The fourth-order valence-corrected chi connectivity index (χ4v) is 6.28. The van der Waals surface area contributed by atoms with E-state index in [-0.39, 0.29) is 23.8 Å². The molecule has 5 nitrogen and oxygen atoms in total. The lowest BCUT2D eigenvalue weighted by atomic mass is 9.54. The van der Waals surface area contributed by atoms with Gasteiger partial charge in [-0.2, -0.15) is 0 Å². The van der Waals surface area contributed by atoms with Gasteiger partial charge in [0.05, 0.1) is 24.2 Å². The lowest BCUT2D eigenvalue weighted by Gasteiger charge is -2.54. The third-order valence-corrected chi connectivity index (χ3v) is 8.59. The number of hydrogen-bond acceptors (Lipinski definition) is 3. The number of carbonyl (C=O) groups is 1. The number of fused-ring (bicyclic) bond motifs is 1. The number of ether oxygens (including phenoxy) is 1. The molecule has 1 N–H and O–H groups in total. The molecular formula is C30H29ClFN3O2. The summed E-state index contributed by atoms with van der Waals surface area (Å²) < 4.78 is 21.9. The number of halogens is 2. The molecular weight excluding hydrogens is 489 g/mol. The van der Waals surface area contributed by atoms with Gasteiger partial charge in [0.25, 0.3) is 5.91 Å². The van der Waals surface area contributed by atoms with Gasteiger partial charge >= 0.3 is 0 Å². The van der Waals surface area contributed by atoms with E-state index in [2.05, 4.69) is 17.2 Å². The average Bonchev–Trinajstić information content (AvgIpc) is 3.30. The van der Waals surface area contributed by atoms with Gasteiger partial charge in [-0.25, -0.2) is 9.37 Å². The van der Waals surface area contributed by atoms with Crippen molar-refractivity contribution < 1.29 is 13.9 Å². The van der Waals surface area contributed by atoms with Crippen LogP contribution < -0.4 is 10.1 Å². The van der Waals surface area contributed by atoms with Crippen molar-refractivity contribution in [3.05, 3.63) is 82.9 Å². The number of rotatable bonds is 6. The van der Waals surface area contributed by atoms with Crippen LogP contribution in [0.5, 0.6) is 5.88 Å². The van der Waals surface area contributed by atoms with Crippen molar-refractivity contribution in [3.8, 4) is 17.0 Å². The zero-order chi connectivity index (χ0) is 25.7. The molecule has 2 aromatic heterocycles. The van der Waals surface area contributed by atoms with E-state index in [1.54, 1.807) is 18.3 Å². The summed E-state index contributed by atoms with van der Waals surface area (Å²) in [6.07, 6.45) is 9.57. The van der Waals surface area contributed by atoms with Crippen molar-refractivity contribution in [2.75, 3.05) is 7.11 Å². The molecule has 0 aliphatic heterocycles. The van der Waals surface area contributed by atoms with Gasteiger partial charge in [-0.3, -0.25) is 4.79 Å². The van der Waals surface area contributed by atoms with Gasteiger partial charge < -0.3 is 14.6 Å². The summed E-state index contributed by atoms with van der Waals surface area (Å²) in [5, 5.41) is 4.11. The number of pyridine rings is 1. The maximum atomic E-state index is 14.8. The van der Waals surface area contributed by atoms with Gasteiger partial charge in [0, 0.05) is 29.4 Å². The minimum Gasteiger partial charge on any atom is -0.480 e. The SMILES string of the molecule is COc1ncc(-c2ccc(C(C)n3ccc4c(F)ccc(C(=O)NC5CC6(CCC6)C5)c43)cc2)cc1Cl. The summed E-state index contributed by atoms with van der Waals surface area (Å²) in [6, 6.07) is 14.8. The topological polar surface area (TPSA) is 56.2 Å². The summed E-state index contributed by atoms with van der Waals surface area (Å²) in [6.45, 7) is 2.05. The second-order valence-corrected chi connectivity index (χ2v) is 10.9. The molecule has 7 heteroatoms. The first-order valence-electron chi connectivity index (χ1n) is 12.8. The molecule has 4 aromatic rings. The minimum atomic E-state index is -0.325. The van der Waals surface area contributed by atoms with E-state index in [1.165, 1.54) is 32.4 Å². The van der Waals surface area contributed by atoms with Crippen molar-refractivity contribution in [2.24, 2.45) is 5.41 Å². The molecule has 190 valence electrons. The molecule has 1 unspecified atom stereocenters. The number of aromatic nitrogens is 2. The highest BCUT2D eigenvalue weighted by molar-refractivity contribution is 6.32. The number of nitrogens with one attached hydrogen (secondary N) is 1. The van der Waals surface area contributed by atoms with Crippen molar-refractivity contribution in [1.82, 2.24) is 14.9 Å². The zero-order valence-electron chi connectivity index (χ0n) is 20.9. The molecule has 1 spiro atoms. The first kappa shape index (κ1) is 24.0. The molecule has 2 fully saturated rings. The highest BCUT2D eigenvalue weighted by atomic mass is 35.5. The molecule has 2 saturated carbocycles. The van der Waals surface area contributed by atoms with E-state index < -0.39 is 0 Å². The molecule has 2 aliphatic rings. The van der Waals surface area contributed by atoms with Crippen LogP contribution in [-0.2, 0) is 0 Å². The first-order valence-corrected chi connectivity index (χ1v) is 13.1. The van der Waals surface area contributed by atoms with Crippen molar-refractivity contribution in [1.29, 1.82) is 0 Å². The molecule has 37 heavy (non-hydrogen) atoms. The van der Waals surface area contributed by atoms with Crippen LogP contribution in [0.25, 0.3) is 22.0 Å². The normalized spacial score (nSPS) is 17.3. The number of amides is 1. The maximum Gasteiger partial charge on any atom is 0.253 e. The largest absolute Gasteiger partial charge is 0.480 e. The van der Waals surface area contributed by atoms with Crippen LogP contribution in [0.15, 0.2) is 60.9 Å². The number of methoxy groups -OCH3 is 1. The molecule has 2 aromatic carbocycles. The Morgan fingerprint density at radius 1 is 1.16 bits per heavy atom. The molecule has 1 atom stereocenters. The number of nitrogens with zero attached hydrogens (tertiary/aromatic N) is 2. The Bertz CT molecular complexity index is 1480. The maximum absolute atomic E-state index is 14.8. The Hall–Kier alpha value is -3.38. The Balaban J connectivity index is 1.27. The van der Waals surface area contributed by atoms with Gasteiger partial charge in [0.1, 0.15) is 10.8 Å². The quantitative estimate of drug-likeness (QED) is 0.295. The summed E-state index contributed by atoms with van der Waals surface area (Å²) in [7, 11) is 1.54. The van der Waals surface area contributed by atoms with Gasteiger partial charge in [0.15, 0.2) is 0 Å². The highest BCUT2D eigenvalue weighted by Crippen LogP contribution is 2.55. The molecule has 1 amide bonds. The van der Waals surface area contributed by atoms with Gasteiger partial charge in [-0.05, 0) is 73.4 Å². The lowest BCUT2D eigenvalue weighted by Crippen LogP contribution is -2.53. The van der Waals surface area contributed by atoms with Gasteiger partial charge in [-0.15, -0.1) is 0 Å². The fraction of sp³-hybridized carbons (Fsp3) is 0.333. The van der Waals surface area contributed by atoms with E-state index in [1.807, 2.05) is 41.1 Å². The molecule has 0 bridgehead atoms. The van der Waals surface area contributed by atoms with Gasteiger partial charge in [-0.1, -0.05) is 42.3 Å². The van der Waals surface area contributed by atoms with Crippen LogP contribution in [0.2, 0.25) is 5.02 Å². The van der Waals surface area contributed by atoms with E-state index in [0.717, 1.165) is 29.5 Å². The van der Waals surface area contributed by atoms with Crippen molar-refractivity contribution in [3.63, 3.8) is 0 Å². The molecule has 0 saturated heterocycles. The standard InChI is InChI=1S/C30H29ClFN3O2/c1-18(19-4-6-20(7-5-19)21-14-25(31)29(37-2)33-17-21)35-13-10-23-26(32)9-8-24(27(23)35)28(36)34-22-15-30(16-22)11-3-12-30/h4-10,13-14,17-18,22H,3,11-12,15-16H2,1-2H3,(H,34,36). The smallest absolute Gasteiger partial charge is 0.253 e.